The Morgan fingerprint density at radius 3 is 1.35 bits per heavy atom. The van der Waals surface area contributed by atoms with Gasteiger partial charge in [0.1, 0.15) is 13.2 Å². The van der Waals surface area contributed by atoms with Crippen LogP contribution in [0.5, 0.6) is 34.5 Å². The van der Waals surface area contributed by atoms with E-state index in [9.17, 15) is 0 Å². The molecule has 0 unspecified atom stereocenters. The summed E-state index contributed by atoms with van der Waals surface area (Å²) in [6.45, 7) is 3.34. The van der Waals surface area contributed by atoms with Gasteiger partial charge in [0, 0.05) is 93.4 Å². The number of hydrogen-bond donors (Lipinski definition) is 2. The molecule has 0 saturated heterocycles. The number of aromatic nitrogens is 4. The summed E-state index contributed by atoms with van der Waals surface area (Å²) in [6.07, 6.45) is 8.64. The van der Waals surface area contributed by atoms with Crippen molar-refractivity contribution in [3.05, 3.63) is 141 Å². The molecule has 0 radical (unpaired) electrons. The van der Waals surface area contributed by atoms with Gasteiger partial charge in [-0.1, -0.05) is 36.4 Å². The van der Waals surface area contributed by atoms with E-state index in [1.54, 1.807) is 42.7 Å². The van der Waals surface area contributed by atoms with Gasteiger partial charge in [0.2, 0.25) is 11.5 Å². The first-order valence-electron chi connectivity index (χ1n) is 22.4. The number of H-pyrrole nitrogens is 2. The predicted molar refractivity (Wildman–Crippen MR) is 263 cm³/mol. The van der Waals surface area contributed by atoms with Crippen molar-refractivity contribution in [2.75, 3.05) is 95.5 Å². The summed E-state index contributed by atoms with van der Waals surface area (Å²) in [4.78, 5) is 7.51. The number of methoxy groups -OCH3 is 6. The standard InChI is InChI=1S/C54H56N4O10/c1-59-19-21-65-23-25-67-53-48(61-3)31-42(32-49(53)62-4)57-38-14-16-40(57)29-46-45-18-11-35-9-7-8-10-44(35)52(45)47(56-46)30-41-17-15-39(28-37-13-12-36(27-38)55-37)58(41)43-33-50(63-5)54(51(34-43)64-6)68-26-24-66-22-20-60-2/h7-18,27-34,55-56H,19-26H2,1-6H3. The van der Waals surface area contributed by atoms with Crippen molar-refractivity contribution in [3.8, 4) is 45.9 Å². The number of aromatic amines is 2. The summed E-state index contributed by atoms with van der Waals surface area (Å²) in [5.41, 5.74) is 5.31. The molecular formula is C54H56N4O10. The maximum Gasteiger partial charge on any atom is 0.203 e. The average molecular weight is 921 g/mol. The highest BCUT2D eigenvalue weighted by Crippen LogP contribution is 2.42. The highest BCUT2D eigenvalue weighted by Gasteiger charge is 2.21. The molecule has 0 saturated carbocycles. The van der Waals surface area contributed by atoms with Crippen LogP contribution in [0.4, 0.5) is 0 Å². The van der Waals surface area contributed by atoms with Crippen LogP contribution in [0, 0.1) is 0 Å². The second-order valence-electron chi connectivity index (χ2n) is 15.9. The smallest absolute Gasteiger partial charge is 0.203 e. The molecule has 8 bridgehead atoms. The third kappa shape index (κ3) is 9.44. The Bertz CT molecular complexity index is 3260. The van der Waals surface area contributed by atoms with Crippen LogP contribution in [-0.4, -0.2) is 115 Å². The molecule has 0 atom stereocenters. The summed E-state index contributed by atoms with van der Waals surface area (Å²) in [7, 11) is 9.81. The SMILES string of the molecule is COCCOCCOc1c(OC)cc(-n2c3ccc2C=c2[nH]c(c4c2ccc2ccccc24)=Cc2ccc(n2-c2cc(OC)c(OCCOCCOC)c(OC)c2)C=c2ccc([nH]2)=C3)cc1OC. The van der Waals surface area contributed by atoms with E-state index < -0.39 is 0 Å². The first-order valence-corrected chi connectivity index (χ1v) is 22.4. The van der Waals surface area contributed by atoms with Gasteiger partial charge in [-0.2, -0.15) is 0 Å². The lowest BCUT2D eigenvalue weighted by atomic mass is 10.0. The summed E-state index contributed by atoms with van der Waals surface area (Å²) >= 11 is 0. The number of rotatable bonds is 20. The molecule has 8 aromatic rings. The Kier molecular flexibility index (Phi) is 14.2. The zero-order valence-corrected chi connectivity index (χ0v) is 39.2. The molecule has 0 fully saturated rings. The van der Waals surface area contributed by atoms with Crippen LogP contribution in [0.3, 0.4) is 0 Å². The van der Waals surface area contributed by atoms with E-state index in [1.165, 1.54) is 0 Å². The summed E-state index contributed by atoms with van der Waals surface area (Å²) in [6, 6.07) is 33.4. The Labute approximate surface area is 393 Å². The highest BCUT2D eigenvalue weighted by atomic mass is 16.6. The lowest BCUT2D eigenvalue weighted by molar-refractivity contribution is 0.0535. The van der Waals surface area contributed by atoms with E-state index >= 15 is 0 Å². The van der Waals surface area contributed by atoms with E-state index in [4.69, 9.17) is 47.4 Å². The topological polar surface area (TPSA) is 134 Å². The van der Waals surface area contributed by atoms with Crippen molar-refractivity contribution < 1.29 is 47.4 Å². The summed E-state index contributed by atoms with van der Waals surface area (Å²) < 4.78 is 62.2. The third-order valence-corrected chi connectivity index (χ3v) is 11.8. The summed E-state index contributed by atoms with van der Waals surface area (Å²) in [5.74, 6) is 3.08. The van der Waals surface area contributed by atoms with Crippen LogP contribution < -0.4 is 49.8 Å². The zero-order chi connectivity index (χ0) is 47.0. The van der Waals surface area contributed by atoms with Crippen molar-refractivity contribution in [2.45, 2.75) is 0 Å². The van der Waals surface area contributed by atoms with Crippen LogP contribution >= 0.6 is 0 Å². The van der Waals surface area contributed by atoms with Gasteiger partial charge < -0.3 is 66.5 Å². The lowest BCUT2D eigenvalue weighted by Crippen LogP contribution is -2.14. The maximum atomic E-state index is 6.21. The molecule has 1 aliphatic rings. The molecule has 0 aliphatic carbocycles. The van der Waals surface area contributed by atoms with Gasteiger partial charge in [0.25, 0.3) is 0 Å². The van der Waals surface area contributed by atoms with Crippen LogP contribution in [0.1, 0.15) is 22.8 Å². The van der Waals surface area contributed by atoms with Crippen molar-refractivity contribution in [1.29, 1.82) is 0 Å². The first kappa shape index (κ1) is 45.8. The molecule has 14 nitrogen and oxygen atoms in total. The minimum atomic E-state index is 0.304. The molecule has 2 N–H and O–H groups in total. The quantitative estimate of drug-likeness (QED) is 0.0881. The van der Waals surface area contributed by atoms with E-state index in [2.05, 4.69) is 116 Å². The molecule has 4 aromatic heterocycles. The monoisotopic (exact) mass is 920 g/mol. The van der Waals surface area contributed by atoms with E-state index in [1.807, 2.05) is 24.3 Å². The molecule has 1 aliphatic heterocycles. The van der Waals surface area contributed by atoms with E-state index in [0.29, 0.717) is 87.4 Å². The van der Waals surface area contributed by atoms with Crippen LogP contribution in [-0.2, 0) is 18.9 Å². The van der Waals surface area contributed by atoms with Crippen molar-refractivity contribution in [2.24, 2.45) is 0 Å². The molecule has 14 heteroatoms. The van der Waals surface area contributed by atoms with Crippen LogP contribution in [0.2, 0.25) is 0 Å². The fourth-order valence-corrected chi connectivity index (χ4v) is 8.65. The predicted octanol–water partition coefficient (Wildman–Crippen LogP) is 5.98. The Morgan fingerprint density at radius 2 is 0.868 bits per heavy atom. The normalized spacial score (nSPS) is 12.0. The molecule has 352 valence electrons. The van der Waals surface area contributed by atoms with Gasteiger partial charge in [-0.3, -0.25) is 0 Å². The molecule has 0 amide bonds. The largest absolute Gasteiger partial charge is 0.493 e. The van der Waals surface area contributed by atoms with Gasteiger partial charge in [-0.25, -0.2) is 0 Å². The molecule has 0 spiro atoms. The van der Waals surface area contributed by atoms with Gasteiger partial charge >= 0.3 is 0 Å². The molecule has 68 heavy (non-hydrogen) atoms. The van der Waals surface area contributed by atoms with Crippen molar-refractivity contribution in [3.63, 3.8) is 0 Å². The maximum absolute atomic E-state index is 6.21. The third-order valence-electron chi connectivity index (χ3n) is 11.8. The molecule has 5 heterocycles. The Hall–Kier alpha value is -7.36. The number of nitrogens with zero attached hydrogens (tertiary/aromatic N) is 2. The lowest BCUT2D eigenvalue weighted by Gasteiger charge is -2.18. The average Bonchev–Trinajstić information content (AvgIpc) is 4.17. The number of nitrogens with one attached hydrogen (secondary N) is 2. The number of benzene rings is 4. The highest BCUT2D eigenvalue weighted by molar-refractivity contribution is 6.08. The number of fused-ring (bicyclic) bond motifs is 13. The van der Waals surface area contributed by atoms with E-state index in [-0.39, 0.29) is 0 Å². The second-order valence-corrected chi connectivity index (χ2v) is 15.9. The Balaban J connectivity index is 1.24. The second kappa shape index (κ2) is 21.1. The molecule has 9 rings (SSSR count). The van der Waals surface area contributed by atoms with E-state index in [0.717, 1.165) is 77.1 Å². The Morgan fingerprint density at radius 1 is 0.412 bits per heavy atom. The zero-order valence-electron chi connectivity index (χ0n) is 39.2. The van der Waals surface area contributed by atoms with Crippen molar-refractivity contribution in [1.82, 2.24) is 19.1 Å². The molecule has 4 aromatic carbocycles. The minimum Gasteiger partial charge on any atom is -0.493 e. The summed E-state index contributed by atoms with van der Waals surface area (Å²) in [5, 5.41) is 8.11. The van der Waals surface area contributed by atoms with Crippen LogP contribution in [0.25, 0.3) is 57.2 Å². The number of hydrogen-bond acceptors (Lipinski definition) is 10. The minimum absolute atomic E-state index is 0.304. The molecular weight excluding hydrogens is 865 g/mol. The fourth-order valence-electron chi connectivity index (χ4n) is 8.65. The fraction of sp³-hybridized carbons (Fsp3) is 0.259. The first-order chi connectivity index (χ1) is 33.4. The number of ether oxygens (including phenoxy) is 10. The van der Waals surface area contributed by atoms with Gasteiger partial charge in [-0.15, -0.1) is 0 Å². The van der Waals surface area contributed by atoms with Gasteiger partial charge in [0.05, 0.1) is 79.5 Å². The van der Waals surface area contributed by atoms with Crippen LogP contribution in [0.15, 0.2) is 97.1 Å². The van der Waals surface area contributed by atoms with Crippen molar-refractivity contribution >= 4 is 45.8 Å². The van der Waals surface area contributed by atoms with Gasteiger partial charge in [0.15, 0.2) is 23.0 Å². The van der Waals surface area contributed by atoms with Gasteiger partial charge in [-0.05, 0) is 71.5 Å².